The van der Waals surface area contributed by atoms with Crippen LogP contribution in [-0.2, 0) is 6.54 Å². The molecule has 90 valence electrons. The molecule has 0 aliphatic carbocycles. The number of hydrogen-bond acceptors (Lipinski definition) is 4. The van der Waals surface area contributed by atoms with Crippen LogP contribution in [0.15, 0.2) is 30.5 Å². The maximum Gasteiger partial charge on any atom is 0.152 e. The largest absolute Gasteiger partial charge is 0.495 e. The molecule has 0 spiro atoms. The van der Waals surface area contributed by atoms with Crippen molar-refractivity contribution >= 4 is 17.2 Å². The van der Waals surface area contributed by atoms with Gasteiger partial charge in [-0.2, -0.15) is 5.10 Å². The number of nitrogen functional groups attached to an aromatic ring is 1. The fourth-order valence-corrected chi connectivity index (χ4v) is 1.54. The lowest BCUT2D eigenvalue weighted by atomic mass is 10.2. The predicted molar refractivity (Wildman–Crippen MR) is 68.6 cm³/mol. The summed E-state index contributed by atoms with van der Waals surface area (Å²) in [6.45, 7) is 2.90. The zero-order valence-corrected chi connectivity index (χ0v) is 9.97. The molecule has 0 saturated heterocycles. The fraction of sp³-hybridized carbons (Fsp3) is 0.250. The summed E-state index contributed by atoms with van der Waals surface area (Å²) >= 11 is 0. The molecule has 5 nitrogen and oxygen atoms in total. The van der Waals surface area contributed by atoms with Gasteiger partial charge in [0.2, 0.25) is 0 Å². The van der Waals surface area contributed by atoms with Gasteiger partial charge in [-0.3, -0.25) is 4.68 Å². The van der Waals surface area contributed by atoms with Crippen LogP contribution in [0.3, 0.4) is 0 Å². The van der Waals surface area contributed by atoms with E-state index in [1.807, 2.05) is 36.0 Å². The number of benzene rings is 1. The topological polar surface area (TPSA) is 65.1 Å². The van der Waals surface area contributed by atoms with E-state index in [-0.39, 0.29) is 0 Å². The van der Waals surface area contributed by atoms with E-state index in [0.717, 1.165) is 18.1 Å². The van der Waals surface area contributed by atoms with Crippen LogP contribution in [0, 0.1) is 0 Å². The fourth-order valence-electron chi connectivity index (χ4n) is 1.54. The highest BCUT2D eigenvalue weighted by atomic mass is 16.5. The normalized spacial score (nSPS) is 10.2. The molecular weight excluding hydrogens is 216 g/mol. The Hall–Kier alpha value is -2.17. The van der Waals surface area contributed by atoms with E-state index in [1.165, 1.54) is 0 Å². The van der Waals surface area contributed by atoms with Gasteiger partial charge in [0.05, 0.1) is 12.8 Å². The van der Waals surface area contributed by atoms with Crippen molar-refractivity contribution in [1.82, 2.24) is 9.78 Å². The van der Waals surface area contributed by atoms with Gasteiger partial charge in [-0.05, 0) is 19.1 Å². The minimum atomic E-state index is 0.622. The Morgan fingerprint density at radius 3 is 2.88 bits per heavy atom. The first-order chi connectivity index (χ1) is 8.22. The molecule has 2 rings (SSSR count). The van der Waals surface area contributed by atoms with Crippen LogP contribution in [0.25, 0.3) is 0 Å². The van der Waals surface area contributed by atoms with Crippen molar-refractivity contribution in [2.45, 2.75) is 13.5 Å². The van der Waals surface area contributed by atoms with E-state index in [4.69, 9.17) is 10.5 Å². The van der Waals surface area contributed by atoms with Gasteiger partial charge in [0.25, 0.3) is 0 Å². The second kappa shape index (κ2) is 4.78. The van der Waals surface area contributed by atoms with E-state index < -0.39 is 0 Å². The van der Waals surface area contributed by atoms with Crippen LogP contribution >= 0.6 is 0 Å². The third-order valence-electron chi connectivity index (χ3n) is 2.47. The second-order valence-corrected chi connectivity index (χ2v) is 3.64. The number of ether oxygens (including phenoxy) is 1. The molecule has 0 atom stereocenters. The monoisotopic (exact) mass is 232 g/mol. The average molecular weight is 232 g/mol. The predicted octanol–water partition coefficient (Wildman–Crippen LogP) is 2.24. The summed E-state index contributed by atoms with van der Waals surface area (Å²) in [5.74, 6) is 1.46. The minimum Gasteiger partial charge on any atom is -0.495 e. The number of aryl methyl sites for hydroxylation is 1. The van der Waals surface area contributed by atoms with Crippen LogP contribution in [0.1, 0.15) is 6.92 Å². The minimum absolute atomic E-state index is 0.622. The van der Waals surface area contributed by atoms with Gasteiger partial charge >= 0.3 is 0 Å². The summed E-state index contributed by atoms with van der Waals surface area (Å²) < 4.78 is 7.02. The average Bonchev–Trinajstić information content (AvgIpc) is 2.79. The smallest absolute Gasteiger partial charge is 0.152 e. The van der Waals surface area contributed by atoms with Crippen LogP contribution in [-0.4, -0.2) is 16.9 Å². The van der Waals surface area contributed by atoms with E-state index in [1.54, 1.807) is 13.2 Å². The molecule has 0 fully saturated rings. The first-order valence-electron chi connectivity index (χ1n) is 5.47. The van der Waals surface area contributed by atoms with Gasteiger partial charge < -0.3 is 15.8 Å². The van der Waals surface area contributed by atoms with Gasteiger partial charge in [0.15, 0.2) is 5.82 Å². The highest BCUT2D eigenvalue weighted by Crippen LogP contribution is 2.26. The van der Waals surface area contributed by atoms with Crippen molar-refractivity contribution in [3.05, 3.63) is 30.5 Å². The molecule has 1 aromatic heterocycles. The third kappa shape index (κ3) is 2.50. The van der Waals surface area contributed by atoms with Crippen molar-refractivity contribution < 1.29 is 4.74 Å². The van der Waals surface area contributed by atoms with Crippen molar-refractivity contribution in [2.24, 2.45) is 0 Å². The maximum atomic E-state index is 5.75. The number of nitrogens with zero attached hydrogens (tertiary/aromatic N) is 2. The van der Waals surface area contributed by atoms with E-state index >= 15 is 0 Å². The summed E-state index contributed by atoms with van der Waals surface area (Å²) in [5.41, 5.74) is 7.27. The number of nitrogens with two attached hydrogens (primary N) is 1. The highest BCUT2D eigenvalue weighted by Gasteiger charge is 2.02. The number of aromatic nitrogens is 2. The lowest BCUT2D eigenvalue weighted by Gasteiger charge is -2.08. The number of hydrogen-bond donors (Lipinski definition) is 2. The molecule has 0 saturated carbocycles. The van der Waals surface area contributed by atoms with Crippen LogP contribution < -0.4 is 15.8 Å². The first kappa shape index (κ1) is 11.3. The standard InChI is InChI=1S/C12H16N4O/c1-3-16-7-6-12(15-16)14-9-4-5-10(13)11(8-9)17-2/h4-8H,3,13H2,1-2H3,(H,14,15). The summed E-state index contributed by atoms with van der Waals surface area (Å²) in [5, 5.41) is 7.53. The highest BCUT2D eigenvalue weighted by molar-refractivity contribution is 5.65. The first-order valence-corrected chi connectivity index (χ1v) is 5.47. The van der Waals surface area contributed by atoms with E-state index in [9.17, 15) is 0 Å². The van der Waals surface area contributed by atoms with Crippen LogP contribution in [0.4, 0.5) is 17.2 Å². The summed E-state index contributed by atoms with van der Waals surface area (Å²) in [4.78, 5) is 0. The molecule has 3 N–H and O–H groups in total. The number of nitrogens with one attached hydrogen (secondary N) is 1. The van der Waals surface area contributed by atoms with Crippen molar-refractivity contribution in [3.8, 4) is 5.75 Å². The van der Waals surface area contributed by atoms with Crippen LogP contribution in [0.2, 0.25) is 0 Å². The molecule has 0 radical (unpaired) electrons. The van der Waals surface area contributed by atoms with Gasteiger partial charge in [0.1, 0.15) is 5.75 Å². The Balaban J connectivity index is 2.18. The zero-order chi connectivity index (χ0) is 12.3. The summed E-state index contributed by atoms with van der Waals surface area (Å²) in [6, 6.07) is 7.47. The van der Waals surface area contributed by atoms with Gasteiger partial charge in [-0.25, -0.2) is 0 Å². The molecule has 0 amide bonds. The van der Waals surface area contributed by atoms with Crippen molar-refractivity contribution in [1.29, 1.82) is 0 Å². The number of anilines is 3. The molecule has 0 bridgehead atoms. The Labute approximate surface area is 100 Å². The van der Waals surface area contributed by atoms with Gasteiger partial charge in [-0.15, -0.1) is 0 Å². The summed E-state index contributed by atoms with van der Waals surface area (Å²) in [6.07, 6.45) is 1.93. The van der Waals surface area contributed by atoms with Crippen LogP contribution in [0.5, 0.6) is 5.75 Å². The molecule has 0 aliphatic rings. The molecule has 0 aliphatic heterocycles. The molecule has 1 heterocycles. The van der Waals surface area contributed by atoms with Crippen molar-refractivity contribution in [2.75, 3.05) is 18.2 Å². The molecule has 1 aromatic carbocycles. The molecule has 5 heteroatoms. The molecular formula is C12H16N4O. The Morgan fingerprint density at radius 1 is 1.41 bits per heavy atom. The lowest BCUT2D eigenvalue weighted by Crippen LogP contribution is -1.98. The second-order valence-electron chi connectivity index (χ2n) is 3.64. The Kier molecular flexibility index (Phi) is 3.18. The van der Waals surface area contributed by atoms with Gasteiger partial charge in [0, 0.05) is 30.6 Å². The van der Waals surface area contributed by atoms with E-state index in [2.05, 4.69) is 10.4 Å². The maximum absolute atomic E-state index is 5.75. The molecule has 2 aromatic rings. The van der Waals surface area contributed by atoms with Crippen molar-refractivity contribution in [3.63, 3.8) is 0 Å². The van der Waals surface area contributed by atoms with E-state index in [0.29, 0.717) is 11.4 Å². The number of methoxy groups -OCH3 is 1. The molecule has 0 unspecified atom stereocenters. The van der Waals surface area contributed by atoms with Gasteiger partial charge in [-0.1, -0.05) is 0 Å². The number of rotatable bonds is 4. The Bertz CT molecular complexity index is 507. The lowest BCUT2D eigenvalue weighted by molar-refractivity contribution is 0.417. The zero-order valence-electron chi connectivity index (χ0n) is 9.97. The summed E-state index contributed by atoms with van der Waals surface area (Å²) in [7, 11) is 1.60. The third-order valence-corrected chi connectivity index (χ3v) is 2.47. The Morgan fingerprint density at radius 2 is 2.24 bits per heavy atom. The molecule has 17 heavy (non-hydrogen) atoms. The SMILES string of the molecule is CCn1ccc(Nc2ccc(N)c(OC)c2)n1. The quantitative estimate of drug-likeness (QED) is 0.793.